The van der Waals surface area contributed by atoms with E-state index in [1.54, 1.807) is 0 Å². The molecule has 0 radical (unpaired) electrons. The van der Waals surface area contributed by atoms with E-state index in [0.29, 0.717) is 6.54 Å². The van der Waals surface area contributed by atoms with Crippen molar-refractivity contribution in [3.8, 4) is 0 Å². The van der Waals surface area contributed by atoms with E-state index in [2.05, 4.69) is 0 Å². The number of ether oxygens (including phenoxy) is 1. The molecule has 1 aliphatic heterocycles. The predicted molar refractivity (Wildman–Crippen MR) is 66.7 cm³/mol. The number of carbonyl (C=O) groups is 1. The van der Waals surface area contributed by atoms with Gasteiger partial charge in [0.2, 0.25) is 0 Å². The van der Waals surface area contributed by atoms with Gasteiger partial charge in [-0.1, -0.05) is 0 Å². The van der Waals surface area contributed by atoms with Crippen LogP contribution in [0.25, 0.3) is 0 Å². The van der Waals surface area contributed by atoms with Crippen molar-refractivity contribution in [2.45, 2.75) is 70.1 Å². The van der Waals surface area contributed by atoms with E-state index in [1.165, 1.54) is 0 Å². The van der Waals surface area contributed by atoms with E-state index < -0.39 is 5.60 Å². The monoisotopic (exact) mass is 240 g/mol. The van der Waals surface area contributed by atoms with Gasteiger partial charge in [-0.3, -0.25) is 4.90 Å². The molecule has 1 saturated heterocycles. The molecule has 4 nitrogen and oxygen atoms in total. The Hall–Kier alpha value is -0.770. The minimum Gasteiger partial charge on any atom is -0.444 e. The van der Waals surface area contributed by atoms with Crippen LogP contribution in [0.3, 0.4) is 0 Å². The van der Waals surface area contributed by atoms with E-state index in [1.807, 2.05) is 25.7 Å². The van der Waals surface area contributed by atoms with Crippen LogP contribution >= 0.6 is 0 Å². The minimum atomic E-state index is -0.414. The molecule has 1 aliphatic carbocycles. The molecule has 1 spiro atoms. The molecule has 0 aromatic heterocycles. The topological polar surface area (TPSA) is 55.6 Å². The lowest BCUT2D eigenvalue weighted by molar-refractivity contribution is 0.0114. The normalized spacial score (nSPS) is 26.4. The second-order valence-electron chi connectivity index (χ2n) is 6.34. The summed E-state index contributed by atoms with van der Waals surface area (Å²) in [5.41, 5.74) is 5.34. The second-order valence-corrected chi connectivity index (χ2v) is 6.34. The SMILES string of the molecule is CC(C)(C)OC(=O)N1[C@@H](CCN)CCC12CC2. The van der Waals surface area contributed by atoms with E-state index in [-0.39, 0.29) is 17.7 Å². The molecule has 17 heavy (non-hydrogen) atoms. The summed E-state index contributed by atoms with van der Waals surface area (Å²) in [6.07, 6.45) is 5.21. The Morgan fingerprint density at radius 2 is 2.06 bits per heavy atom. The lowest BCUT2D eigenvalue weighted by Gasteiger charge is -2.32. The van der Waals surface area contributed by atoms with E-state index in [4.69, 9.17) is 10.5 Å². The van der Waals surface area contributed by atoms with Gasteiger partial charge in [0.15, 0.2) is 0 Å². The molecular formula is C13H24N2O2. The van der Waals surface area contributed by atoms with Crippen molar-refractivity contribution in [1.29, 1.82) is 0 Å². The molecule has 4 heteroatoms. The Bertz CT molecular complexity index is 305. The zero-order chi connectivity index (χ0) is 12.7. The average molecular weight is 240 g/mol. The number of hydrogen-bond donors (Lipinski definition) is 1. The fourth-order valence-corrected chi connectivity index (χ4v) is 2.83. The molecule has 2 N–H and O–H groups in total. The van der Waals surface area contributed by atoms with Crippen LogP contribution in [-0.2, 0) is 4.74 Å². The molecular weight excluding hydrogens is 216 g/mol. The highest BCUT2D eigenvalue weighted by Crippen LogP contribution is 2.52. The average Bonchev–Trinajstić information content (AvgIpc) is 2.82. The highest BCUT2D eigenvalue weighted by Gasteiger charge is 2.57. The zero-order valence-corrected chi connectivity index (χ0v) is 11.2. The summed E-state index contributed by atoms with van der Waals surface area (Å²) < 4.78 is 5.52. The summed E-state index contributed by atoms with van der Waals surface area (Å²) in [5.74, 6) is 0. The Kier molecular flexibility index (Phi) is 3.10. The summed E-state index contributed by atoms with van der Waals surface area (Å²) in [6.45, 7) is 6.38. The molecule has 1 amide bonds. The van der Waals surface area contributed by atoms with Gasteiger partial charge in [0.25, 0.3) is 0 Å². The van der Waals surface area contributed by atoms with Gasteiger partial charge < -0.3 is 10.5 Å². The highest BCUT2D eigenvalue weighted by molar-refractivity contribution is 5.71. The molecule has 0 aromatic carbocycles. The van der Waals surface area contributed by atoms with E-state index in [9.17, 15) is 4.79 Å². The van der Waals surface area contributed by atoms with E-state index >= 15 is 0 Å². The van der Waals surface area contributed by atoms with Crippen molar-refractivity contribution in [2.24, 2.45) is 5.73 Å². The number of amides is 1. The first-order chi connectivity index (χ1) is 7.88. The first kappa shape index (κ1) is 12.7. The van der Waals surface area contributed by atoms with Gasteiger partial charge in [0.05, 0.1) is 0 Å². The van der Waals surface area contributed by atoms with Crippen LogP contribution in [0.1, 0.15) is 52.9 Å². The number of nitrogens with zero attached hydrogens (tertiary/aromatic N) is 1. The van der Waals surface area contributed by atoms with Crippen molar-refractivity contribution < 1.29 is 9.53 Å². The van der Waals surface area contributed by atoms with Crippen molar-refractivity contribution in [1.82, 2.24) is 4.90 Å². The molecule has 1 saturated carbocycles. The fraction of sp³-hybridized carbons (Fsp3) is 0.923. The first-order valence-electron chi connectivity index (χ1n) is 6.60. The Morgan fingerprint density at radius 1 is 1.41 bits per heavy atom. The quantitative estimate of drug-likeness (QED) is 0.805. The van der Waals surface area contributed by atoms with Gasteiger partial charge in [0, 0.05) is 11.6 Å². The summed E-state index contributed by atoms with van der Waals surface area (Å²) in [6, 6.07) is 0.289. The maximum absolute atomic E-state index is 12.3. The van der Waals surface area contributed by atoms with Gasteiger partial charge in [0.1, 0.15) is 5.60 Å². The lowest BCUT2D eigenvalue weighted by Crippen LogP contribution is -2.46. The maximum atomic E-state index is 12.3. The van der Waals surface area contributed by atoms with Crippen LogP contribution in [0.2, 0.25) is 0 Å². The molecule has 2 fully saturated rings. The number of hydrogen-bond acceptors (Lipinski definition) is 3. The van der Waals surface area contributed by atoms with Crippen molar-refractivity contribution in [2.75, 3.05) is 6.54 Å². The Morgan fingerprint density at radius 3 is 2.53 bits per heavy atom. The summed E-state index contributed by atoms with van der Waals surface area (Å²) >= 11 is 0. The van der Waals surface area contributed by atoms with E-state index in [0.717, 1.165) is 32.1 Å². The van der Waals surface area contributed by atoms with Gasteiger partial charge in [-0.2, -0.15) is 0 Å². The van der Waals surface area contributed by atoms with Gasteiger partial charge in [-0.15, -0.1) is 0 Å². The van der Waals surface area contributed by atoms with Crippen molar-refractivity contribution in [3.63, 3.8) is 0 Å². The molecule has 0 unspecified atom stereocenters. The zero-order valence-electron chi connectivity index (χ0n) is 11.2. The predicted octanol–water partition coefficient (Wildman–Crippen LogP) is 2.27. The van der Waals surface area contributed by atoms with Crippen LogP contribution in [0.15, 0.2) is 0 Å². The van der Waals surface area contributed by atoms with Gasteiger partial charge >= 0.3 is 6.09 Å². The molecule has 2 rings (SSSR count). The molecule has 1 heterocycles. The summed E-state index contributed by atoms with van der Waals surface area (Å²) in [5, 5.41) is 0. The Balaban J connectivity index is 2.07. The van der Waals surface area contributed by atoms with Gasteiger partial charge in [-0.05, 0) is 59.4 Å². The van der Waals surface area contributed by atoms with Crippen molar-refractivity contribution >= 4 is 6.09 Å². The lowest BCUT2D eigenvalue weighted by atomic mass is 10.1. The van der Waals surface area contributed by atoms with Crippen LogP contribution < -0.4 is 5.73 Å². The van der Waals surface area contributed by atoms with Gasteiger partial charge in [-0.25, -0.2) is 4.79 Å². The number of rotatable bonds is 2. The standard InChI is InChI=1S/C13H24N2O2/c1-12(2,3)17-11(16)15-10(5-9-14)4-6-13(15)7-8-13/h10H,4-9,14H2,1-3H3/t10-/m1/s1. The summed E-state index contributed by atoms with van der Waals surface area (Å²) in [7, 11) is 0. The van der Waals surface area contributed by atoms with Crippen LogP contribution in [-0.4, -0.2) is 34.7 Å². The number of carbonyl (C=O) groups excluding carboxylic acids is 1. The number of nitrogens with two attached hydrogens (primary N) is 1. The largest absolute Gasteiger partial charge is 0.444 e. The third-order valence-corrected chi connectivity index (χ3v) is 3.74. The minimum absolute atomic E-state index is 0.127. The molecule has 98 valence electrons. The molecule has 0 aromatic rings. The van der Waals surface area contributed by atoms with Crippen LogP contribution in [0, 0.1) is 0 Å². The second kappa shape index (κ2) is 4.16. The summed E-state index contributed by atoms with van der Waals surface area (Å²) in [4.78, 5) is 14.3. The van der Waals surface area contributed by atoms with Crippen LogP contribution in [0.4, 0.5) is 4.79 Å². The fourth-order valence-electron chi connectivity index (χ4n) is 2.83. The first-order valence-corrected chi connectivity index (χ1v) is 6.60. The smallest absolute Gasteiger partial charge is 0.411 e. The molecule has 1 atom stereocenters. The molecule has 0 bridgehead atoms. The highest BCUT2D eigenvalue weighted by atomic mass is 16.6. The third kappa shape index (κ3) is 2.57. The number of likely N-dealkylation sites (tertiary alicyclic amines) is 1. The van der Waals surface area contributed by atoms with Crippen LogP contribution in [0.5, 0.6) is 0 Å². The third-order valence-electron chi connectivity index (χ3n) is 3.74. The molecule has 2 aliphatic rings. The van der Waals surface area contributed by atoms with Crippen molar-refractivity contribution in [3.05, 3.63) is 0 Å². The Labute approximate surface area is 103 Å². The maximum Gasteiger partial charge on any atom is 0.411 e.